The van der Waals surface area contributed by atoms with Crippen LogP contribution in [0.3, 0.4) is 0 Å². The average Bonchev–Trinajstić information content (AvgIpc) is 3.12. The molecule has 0 bridgehead atoms. The van der Waals surface area contributed by atoms with Gasteiger partial charge in [0.15, 0.2) is 11.5 Å². The summed E-state index contributed by atoms with van der Waals surface area (Å²) in [4.78, 5) is 10.3. The summed E-state index contributed by atoms with van der Waals surface area (Å²) in [7, 11) is 0. The predicted molar refractivity (Wildman–Crippen MR) is 101 cm³/mol. The van der Waals surface area contributed by atoms with E-state index in [0.29, 0.717) is 35.6 Å². The number of pyridine rings is 2. The van der Waals surface area contributed by atoms with E-state index in [1.807, 2.05) is 0 Å². The van der Waals surface area contributed by atoms with Crippen molar-refractivity contribution in [3.63, 3.8) is 0 Å². The molecule has 3 aromatic heterocycles. The highest BCUT2D eigenvalue weighted by Gasteiger charge is 2.44. The molecule has 3 aromatic rings. The number of hydrogen-bond acceptors (Lipinski definition) is 5. The van der Waals surface area contributed by atoms with Gasteiger partial charge in [-0.25, -0.2) is 23.1 Å². The number of nitrogens with zero attached hydrogens (tertiary/aromatic N) is 4. The highest BCUT2D eigenvalue weighted by Crippen LogP contribution is 2.32. The number of anilines is 1. The standard InChI is InChI=1S/C19H21F3N6/c1-11(2)19(21,22)14-10-28(9-8-23-14)15-6-5-13(20)17(25-15)16-12-4-3-7-24-18(12)27-26-16/h3-7,11,14,23H,8-10H2,1-2H3,(H,24,26,27). The number of aromatic amines is 1. The quantitative estimate of drug-likeness (QED) is 0.716. The molecule has 0 aromatic carbocycles. The Bertz CT molecular complexity index is 987. The Labute approximate surface area is 160 Å². The van der Waals surface area contributed by atoms with E-state index in [9.17, 15) is 13.2 Å². The molecule has 0 amide bonds. The van der Waals surface area contributed by atoms with Crippen LogP contribution in [0.15, 0.2) is 30.5 Å². The molecule has 1 unspecified atom stereocenters. The van der Waals surface area contributed by atoms with Gasteiger partial charge in [0.2, 0.25) is 0 Å². The number of alkyl halides is 2. The first-order valence-corrected chi connectivity index (χ1v) is 9.20. The van der Waals surface area contributed by atoms with Crippen molar-refractivity contribution in [2.75, 3.05) is 24.5 Å². The first-order chi connectivity index (χ1) is 13.4. The molecule has 2 N–H and O–H groups in total. The number of aromatic nitrogens is 4. The van der Waals surface area contributed by atoms with Crippen LogP contribution in [0.1, 0.15) is 13.8 Å². The van der Waals surface area contributed by atoms with Crippen LogP contribution >= 0.6 is 0 Å². The Morgan fingerprint density at radius 3 is 2.86 bits per heavy atom. The third-order valence-corrected chi connectivity index (χ3v) is 5.13. The molecule has 1 saturated heterocycles. The fraction of sp³-hybridized carbons (Fsp3) is 0.421. The largest absolute Gasteiger partial charge is 0.354 e. The minimum atomic E-state index is -2.85. The van der Waals surface area contributed by atoms with Gasteiger partial charge < -0.3 is 10.2 Å². The molecule has 1 aliphatic rings. The van der Waals surface area contributed by atoms with E-state index in [4.69, 9.17) is 0 Å². The molecule has 9 heteroatoms. The molecule has 0 saturated carbocycles. The van der Waals surface area contributed by atoms with Gasteiger partial charge in [-0.3, -0.25) is 5.10 Å². The van der Waals surface area contributed by atoms with E-state index in [1.165, 1.54) is 26.0 Å². The third kappa shape index (κ3) is 3.19. The lowest BCUT2D eigenvalue weighted by Gasteiger charge is -2.39. The monoisotopic (exact) mass is 390 g/mol. The molecule has 0 spiro atoms. The van der Waals surface area contributed by atoms with Gasteiger partial charge in [-0.15, -0.1) is 0 Å². The molecule has 0 radical (unpaired) electrons. The summed E-state index contributed by atoms with van der Waals surface area (Å²) in [5.74, 6) is -3.70. The second-order valence-corrected chi connectivity index (χ2v) is 7.26. The summed E-state index contributed by atoms with van der Waals surface area (Å²) >= 11 is 0. The molecule has 1 fully saturated rings. The van der Waals surface area contributed by atoms with Crippen LogP contribution in [0.5, 0.6) is 0 Å². The van der Waals surface area contributed by atoms with Gasteiger partial charge in [-0.1, -0.05) is 13.8 Å². The lowest BCUT2D eigenvalue weighted by Crippen LogP contribution is -2.60. The zero-order chi connectivity index (χ0) is 19.9. The minimum absolute atomic E-state index is 0.0918. The maximum absolute atomic E-state index is 14.5. The van der Waals surface area contributed by atoms with Crippen molar-refractivity contribution < 1.29 is 13.2 Å². The fourth-order valence-electron chi connectivity index (χ4n) is 3.43. The number of nitrogens with one attached hydrogen (secondary N) is 2. The van der Waals surface area contributed by atoms with E-state index >= 15 is 0 Å². The van der Waals surface area contributed by atoms with Crippen LogP contribution in [0.25, 0.3) is 22.4 Å². The number of H-pyrrole nitrogens is 1. The molecule has 148 valence electrons. The summed E-state index contributed by atoms with van der Waals surface area (Å²) in [6.07, 6.45) is 1.60. The lowest BCUT2D eigenvalue weighted by molar-refractivity contribution is -0.0780. The molecule has 1 atom stereocenters. The normalized spacial score (nSPS) is 18.2. The molecule has 0 aliphatic carbocycles. The van der Waals surface area contributed by atoms with E-state index in [0.717, 1.165) is 0 Å². The molecule has 28 heavy (non-hydrogen) atoms. The first-order valence-electron chi connectivity index (χ1n) is 9.20. The third-order valence-electron chi connectivity index (χ3n) is 5.13. The van der Waals surface area contributed by atoms with Crippen LogP contribution in [-0.4, -0.2) is 51.8 Å². The van der Waals surface area contributed by atoms with Gasteiger partial charge in [0.05, 0.1) is 11.7 Å². The number of fused-ring (bicyclic) bond motifs is 1. The highest BCUT2D eigenvalue weighted by atomic mass is 19.3. The fourth-order valence-corrected chi connectivity index (χ4v) is 3.43. The van der Waals surface area contributed by atoms with Crippen molar-refractivity contribution in [3.8, 4) is 11.4 Å². The molecule has 4 heterocycles. The van der Waals surface area contributed by atoms with Crippen molar-refractivity contribution in [1.82, 2.24) is 25.5 Å². The summed E-state index contributed by atoms with van der Waals surface area (Å²) in [6, 6.07) is 5.34. The Morgan fingerprint density at radius 1 is 1.25 bits per heavy atom. The van der Waals surface area contributed by atoms with Crippen molar-refractivity contribution in [2.45, 2.75) is 25.8 Å². The topological polar surface area (TPSA) is 69.7 Å². The minimum Gasteiger partial charge on any atom is -0.354 e. The summed E-state index contributed by atoms with van der Waals surface area (Å²) in [6.45, 7) is 4.01. The van der Waals surface area contributed by atoms with Gasteiger partial charge in [-0.05, 0) is 24.3 Å². The molecule has 4 rings (SSSR count). The SMILES string of the molecule is CC(C)C(F)(F)C1CN(c2ccc(F)c(-c3[nH]nc4ncccc34)n2)CCN1. The Kier molecular flexibility index (Phi) is 4.70. The van der Waals surface area contributed by atoms with Crippen LogP contribution in [-0.2, 0) is 0 Å². The number of rotatable bonds is 4. The van der Waals surface area contributed by atoms with Crippen LogP contribution in [0.4, 0.5) is 19.0 Å². The van der Waals surface area contributed by atoms with Crippen LogP contribution < -0.4 is 10.2 Å². The van der Waals surface area contributed by atoms with Gasteiger partial charge in [0, 0.05) is 37.1 Å². The average molecular weight is 390 g/mol. The lowest BCUT2D eigenvalue weighted by atomic mass is 9.96. The van der Waals surface area contributed by atoms with E-state index in [1.54, 1.807) is 23.2 Å². The van der Waals surface area contributed by atoms with Crippen molar-refractivity contribution in [1.29, 1.82) is 0 Å². The second-order valence-electron chi connectivity index (χ2n) is 7.26. The van der Waals surface area contributed by atoms with Gasteiger partial charge in [-0.2, -0.15) is 5.10 Å². The number of piperazine rings is 1. The Hall–Kier alpha value is -2.68. The Morgan fingerprint density at radius 2 is 2.07 bits per heavy atom. The second kappa shape index (κ2) is 7.05. The van der Waals surface area contributed by atoms with Crippen molar-refractivity contribution >= 4 is 16.9 Å². The maximum Gasteiger partial charge on any atom is 0.267 e. The number of halogens is 3. The smallest absolute Gasteiger partial charge is 0.267 e. The first kappa shape index (κ1) is 18.7. The van der Waals surface area contributed by atoms with Gasteiger partial charge in [0.1, 0.15) is 11.5 Å². The van der Waals surface area contributed by atoms with Gasteiger partial charge in [0.25, 0.3) is 5.92 Å². The molecule has 6 nitrogen and oxygen atoms in total. The van der Waals surface area contributed by atoms with Crippen LogP contribution in [0, 0.1) is 11.7 Å². The Balaban J connectivity index is 1.67. The van der Waals surface area contributed by atoms with Gasteiger partial charge >= 0.3 is 0 Å². The predicted octanol–water partition coefficient (Wildman–Crippen LogP) is 3.23. The zero-order valence-electron chi connectivity index (χ0n) is 15.6. The summed E-state index contributed by atoms with van der Waals surface area (Å²) in [5, 5.41) is 10.4. The maximum atomic E-state index is 14.5. The molecule has 1 aliphatic heterocycles. The van der Waals surface area contributed by atoms with E-state index in [2.05, 4.69) is 25.5 Å². The number of hydrogen-bond donors (Lipinski definition) is 2. The zero-order valence-corrected chi connectivity index (χ0v) is 15.6. The van der Waals surface area contributed by atoms with Crippen molar-refractivity contribution in [3.05, 3.63) is 36.3 Å². The summed E-state index contributed by atoms with van der Waals surface area (Å²) < 4.78 is 43.5. The van der Waals surface area contributed by atoms with Crippen molar-refractivity contribution in [2.24, 2.45) is 5.92 Å². The summed E-state index contributed by atoms with van der Waals surface area (Å²) in [5.41, 5.74) is 0.975. The van der Waals surface area contributed by atoms with Crippen LogP contribution in [0.2, 0.25) is 0 Å². The van der Waals surface area contributed by atoms with E-state index < -0.39 is 23.7 Å². The highest BCUT2D eigenvalue weighted by molar-refractivity contribution is 5.89. The molecular weight excluding hydrogens is 369 g/mol. The molecular formula is C19H21F3N6. The van der Waals surface area contributed by atoms with E-state index in [-0.39, 0.29) is 12.2 Å².